The molecule has 0 aliphatic rings. The van der Waals surface area contributed by atoms with Gasteiger partial charge in [0, 0.05) is 31.9 Å². The fourth-order valence-corrected chi connectivity index (χ4v) is 1.59. The van der Waals surface area contributed by atoms with E-state index in [4.69, 9.17) is 0 Å². The summed E-state index contributed by atoms with van der Waals surface area (Å²) >= 11 is 0. The van der Waals surface area contributed by atoms with Gasteiger partial charge < -0.3 is 10.6 Å². The quantitative estimate of drug-likeness (QED) is 0.399. The van der Waals surface area contributed by atoms with E-state index in [0.29, 0.717) is 6.04 Å². The summed E-state index contributed by atoms with van der Waals surface area (Å²) in [4.78, 5) is 4.26. The molecule has 0 aliphatic carbocycles. The van der Waals surface area contributed by atoms with Crippen LogP contribution in [0.25, 0.3) is 0 Å². The van der Waals surface area contributed by atoms with E-state index in [1.54, 1.807) is 0 Å². The van der Waals surface area contributed by atoms with Gasteiger partial charge >= 0.3 is 0 Å². The number of anilines is 1. The third kappa shape index (κ3) is 5.12. The molecular weight excluding hydrogens is 214 g/mol. The van der Waals surface area contributed by atoms with Gasteiger partial charge in [-0.05, 0) is 38.6 Å². The van der Waals surface area contributed by atoms with Crippen LogP contribution in [0.3, 0.4) is 0 Å². The van der Waals surface area contributed by atoms with Gasteiger partial charge in [-0.25, -0.2) is 4.98 Å². The van der Waals surface area contributed by atoms with E-state index in [0.717, 1.165) is 25.5 Å². The van der Waals surface area contributed by atoms with Crippen molar-refractivity contribution in [2.24, 2.45) is 0 Å². The van der Waals surface area contributed by atoms with Gasteiger partial charge in [0.1, 0.15) is 5.82 Å². The van der Waals surface area contributed by atoms with Crippen molar-refractivity contribution in [3.8, 4) is 0 Å². The van der Waals surface area contributed by atoms with Gasteiger partial charge in [0.15, 0.2) is 0 Å². The molecule has 0 aliphatic heterocycles. The normalized spacial score (nSPS) is 12.4. The third-order valence-electron chi connectivity index (χ3n) is 2.52. The predicted octanol–water partition coefficient (Wildman–Crippen LogP) is 0.888. The third-order valence-corrected chi connectivity index (χ3v) is 2.52. The Balaban J connectivity index is 2.44. The van der Waals surface area contributed by atoms with E-state index < -0.39 is 0 Å². The number of pyridine rings is 1. The monoisotopic (exact) mass is 237 g/mol. The lowest BCUT2D eigenvalue weighted by Gasteiger charge is -2.15. The van der Waals surface area contributed by atoms with Crippen LogP contribution in [0.15, 0.2) is 18.3 Å². The Morgan fingerprint density at radius 1 is 1.35 bits per heavy atom. The predicted molar refractivity (Wildman–Crippen MR) is 71.9 cm³/mol. The molecule has 96 valence electrons. The Kier molecular flexibility index (Phi) is 6.54. The molecule has 0 saturated heterocycles. The Morgan fingerprint density at radius 3 is 2.88 bits per heavy atom. The van der Waals surface area contributed by atoms with Crippen LogP contribution in [0.4, 0.5) is 5.82 Å². The summed E-state index contributed by atoms with van der Waals surface area (Å²) in [5.41, 5.74) is 7.20. The highest BCUT2D eigenvalue weighted by atomic mass is 15.3. The van der Waals surface area contributed by atoms with E-state index in [1.165, 1.54) is 5.56 Å². The Labute approximate surface area is 103 Å². The molecule has 0 amide bonds. The van der Waals surface area contributed by atoms with Gasteiger partial charge in [0.2, 0.25) is 0 Å². The zero-order chi connectivity index (χ0) is 12.5. The molecule has 1 rings (SSSR count). The summed E-state index contributed by atoms with van der Waals surface area (Å²) in [6, 6.07) is 4.46. The van der Waals surface area contributed by atoms with Crippen molar-refractivity contribution in [2.75, 3.05) is 32.0 Å². The molecule has 1 heterocycles. The van der Waals surface area contributed by atoms with Crippen molar-refractivity contribution in [3.63, 3.8) is 0 Å². The lowest BCUT2D eigenvalue weighted by Crippen LogP contribution is -2.35. The van der Waals surface area contributed by atoms with Crippen molar-refractivity contribution in [1.29, 1.82) is 0 Å². The number of aromatic nitrogens is 1. The van der Waals surface area contributed by atoms with Gasteiger partial charge in [-0.2, -0.15) is 0 Å². The number of nitrogens with one attached hydrogen (secondary N) is 4. The molecule has 1 aromatic heterocycles. The largest absolute Gasteiger partial charge is 0.370 e. The number of nitrogens with zero attached hydrogens (tertiary/aromatic N) is 1. The summed E-state index contributed by atoms with van der Waals surface area (Å²) in [5, 5.41) is 6.66. The Bertz CT molecular complexity index is 316. The van der Waals surface area contributed by atoms with E-state index >= 15 is 0 Å². The van der Waals surface area contributed by atoms with Crippen LogP contribution in [0.5, 0.6) is 0 Å². The second-order valence-electron chi connectivity index (χ2n) is 3.86. The number of hydrogen-bond donors (Lipinski definition) is 4. The first kappa shape index (κ1) is 13.9. The molecule has 0 radical (unpaired) electrons. The van der Waals surface area contributed by atoms with E-state index in [2.05, 4.69) is 46.4 Å². The molecule has 1 atom stereocenters. The number of hydrogen-bond acceptors (Lipinski definition) is 5. The maximum Gasteiger partial charge on any atom is 0.126 e. The zero-order valence-corrected chi connectivity index (χ0v) is 10.9. The number of hydrazine groups is 1. The molecule has 5 nitrogen and oxygen atoms in total. The second kappa shape index (κ2) is 8.00. The highest BCUT2D eigenvalue weighted by Gasteiger charge is 2.05. The minimum absolute atomic E-state index is 0.328. The lowest BCUT2D eigenvalue weighted by atomic mass is 10.1. The van der Waals surface area contributed by atoms with E-state index in [-0.39, 0.29) is 0 Å². The minimum atomic E-state index is 0.328. The van der Waals surface area contributed by atoms with Crippen molar-refractivity contribution < 1.29 is 0 Å². The van der Waals surface area contributed by atoms with Crippen LogP contribution in [0.2, 0.25) is 0 Å². The average Bonchev–Trinajstić information content (AvgIpc) is 2.35. The molecule has 17 heavy (non-hydrogen) atoms. The SMILES string of the molecule is CCNc1cc(C(C)NCCNNC)ccn1. The van der Waals surface area contributed by atoms with Crippen molar-refractivity contribution in [2.45, 2.75) is 19.9 Å². The Morgan fingerprint density at radius 2 is 2.18 bits per heavy atom. The maximum atomic E-state index is 4.26. The van der Waals surface area contributed by atoms with Crippen LogP contribution in [-0.4, -0.2) is 31.7 Å². The minimum Gasteiger partial charge on any atom is -0.370 e. The van der Waals surface area contributed by atoms with Crippen LogP contribution in [-0.2, 0) is 0 Å². The van der Waals surface area contributed by atoms with Gasteiger partial charge in [-0.15, -0.1) is 0 Å². The van der Waals surface area contributed by atoms with Gasteiger partial charge in [-0.3, -0.25) is 10.9 Å². The summed E-state index contributed by atoms with van der Waals surface area (Å²) < 4.78 is 0. The second-order valence-corrected chi connectivity index (χ2v) is 3.86. The van der Waals surface area contributed by atoms with Crippen LogP contribution in [0, 0.1) is 0 Å². The molecule has 0 aromatic carbocycles. The van der Waals surface area contributed by atoms with Gasteiger partial charge in [0.25, 0.3) is 0 Å². The first-order chi connectivity index (χ1) is 8.27. The summed E-state index contributed by atoms with van der Waals surface area (Å²) in [7, 11) is 1.87. The van der Waals surface area contributed by atoms with Crippen molar-refractivity contribution in [3.05, 3.63) is 23.9 Å². The van der Waals surface area contributed by atoms with Crippen LogP contribution >= 0.6 is 0 Å². The molecule has 1 aromatic rings. The fourth-order valence-electron chi connectivity index (χ4n) is 1.59. The zero-order valence-electron chi connectivity index (χ0n) is 10.9. The van der Waals surface area contributed by atoms with Gasteiger partial charge in [-0.1, -0.05) is 0 Å². The lowest BCUT2D eigenvalue weighted by molar-refractivity contribution is 0.518. The van der Waals surface area contributed by atoms with Gasteiger partial charge in [0.05, 0.1) is 0 Å². The molecule has 0 saturated carbocycles. The summed E-state index contributed by atoms with van der Waals surface area (Å²) in [6.07, 6.45) is 1.84. The first-order valence-corrected chi connectivity index (χ1v) is 6.10. The molecule has 4 N–H and O–H groups in total. The fraction of sp³-hybridized carbons (Fsp3) is 0.583. The Hall–Kier alpha value is -1.17. The molecule has 0 bridgehead atoms. The standard InChI is InChI=1S/C12H23N5/c1-4-14-12-9-11(5-6-16-12)10(2)15-7-8-17-13-3/h5-6,9-10,13,15,17H,4,7-8H2,1-3H3,(H,14,16). The highest BCUT2D eigenvalue weighted by Crippen LogP contribution is 2.14. The molecule has 0 fully saturated rings. The number of rotatable bonds is 8. The van der Waals surface area contributed by atoms with Crippen molar-refractivity contribution >= 4 is 5.82 Å². The molecule has 1 unspecified atom stereocenters. The van der Waals surface area contributed by atoms with Crippen molar-refractivity contribution in [1.82, 2.24) is 21.2 Å². The van der Waals surface area contributed by atoms with Crippen LogP contribution < -0.4 is 21.5 Å². The molecular formula is C12H23N5. The van der Waals surface area contributed by atoms with Crippen LogP contribution in [0.1, 0.15) is 25.5 Å². The highest BCUT2D eigenvalue weighted by molar-refractivity contribution is 5.38. The molecule has 0 spiro atoms. The first-order valence-electron chi connectivity index (χ1n) is 6.10. The summed E-state index contributed by atoms with van der Waals surface area (Å²) in [6.45, 7) is 6.93. The van der Waals surface area contributed by atoms with E-state index in [9.17, 15) is 0 Å². The molecule has 5 heteroatoms. The maximum absolute atomic E-state index is 4.26. The topological polar surface area (TPSA) is 61.0 Å². The summed E-state index contributed by atoms with van der Waals surface area (Å²) in [5.74, 6) is 0.937. The average molecular weight is 237 g/mol. The van der Waals surface area contributed by atoms with E-state index in [1.807, 2.05) is 19.3 Å². The smallest absolute Gasteiger partial charge is 0.126 e.